The summed E-state index contributed by atoms with van der Waals surface area (Å²) in [6, 6.07) is 35.0. The van der Waals surface area contributed by atoms with Gasteiger partial charge >= 0.3 is 12.1 Å². The summed E-state index contributed by atoms with van der Waals surface area (Å²) in [4.78, 5) is 40.7. The lowest BCUT2D eigenvalue weighted by molar-refractivity contribution is 0.0500. The summed E-state index contributed by atoms with van der Waals surface area (Å²) in [6.45, 7) is 2.81. The summed E-state index contributed by atoms with van der Waals surface area (Å²) in [7, 11) is 0. The number of benzene rings is 5. The van der Waals surface area contributed by atoms with E-state index in [-0.39, 0.29) is 12.6 Å². The molecule has 3 heterocycles. The number of amides is 1. The van der Waals surface area contributed by atoms with Crippen LogP contribution >= 0.6 is 34.0 Å². The molecule has 54 heavy (non-hydrogen) atoms. The smallest absolute Gasteiger partial charge is 0.411 e. The number of hydrogen-bond acceptors (Lipinski definition) is 10. The lowest BCUT2D eigenvalue weighted by atomic mass is 10.2. The summed E-state index contributed by atoms with van der Waals surface area (Å²) in [6.07, 6.45) is 4.98. The molecular formula is C43H36N4O4S3. The molecule has 8 aromatic rings. The summed E-state index contributed by atoms with van der Waals surface area (Å²) < 4.78 is 14.0. The van der Waals surface area contributed by atoms with Crippen LogP contribution in [-0.4, -0.2) is 33.6 Å². The fourth-order valence-electron chi connectivity index (χ4n) is 6.25. The second-order valence-electron chi connectivity index (χ2n) is 12.8. The Morgan fingerprint density at radius 2 is 1.22 bits per heavy atom. The molecule has 0 bridgehead atoms. The molecule has 1 N–H and O–H groups in total. The molecule has 0 unspecified atom stereocenters. The van der Waals surface area contributed by atoms with E-state index in [2.05, 4.69) is 24.4 Å². The second kappa shape index (κ2) is 16.3. The molecule has 8 nitrogen and oxygen atoms in total. The Morgan fingerprint density at radius 1 is 0.611 bits per heavy atom. The number of fused-ring (bicyclic) bond motifs is 3. The standard InChI is InChI=1S/C43H36N4O4S3/c1-2-3-4-5-9-24-50-42(48)32-20-13-23-35-38(32)54-41(47-35)31-19-12-22-34-37(31)53-40(46-34)30-18-11-21-33-36(30)52-39(45-33)28-16-10-17-29(25-28)44-43(49)51-26-27-14-7-6-8-15-27/h6-8,10-23,25H,2-5,9,24,26H2,1H3,(H,44,49). The Labute approximate surface area is 324 Å². The van der Waals surface area contributed by atoms with Crippen molar-refractivity contribution in [1.29, 1.82) is 0 Å². The van der Waals surface area contributed by atoms with Crippen LogP contribution in [0.25, 0.3) is 62.4 Å². The molecule has 11 heteroatoms. The molecule has 0 saturated carbocycles. The SMILES string of the molecule is CCCCCCCOC(=O)c1cccc2nc(-c3cccc4nc(-c5cccc6nc(-c7cccc(NC(=O)OCc8ccccc8)c7)sc56)sc34)sc12. The third-order valence-electron chi connectivity index (χ3n) is 8.98. The molecule has 0 radical (unpaired) electrons. The monoisotopic (exact) mass is 768 g/mol. The molecule has 0 aliphatic heterocycles. The van der Waals surface area contributed by atoms with Gasteiger partial charge in [-0.2, -0.15) is 0 Å². The number of ether oxygens (including phenoxy) is 2. The van der Waals surface area contributed by atoms with E-state index in [0.717, 1.165) is 87.2 Å². The molecule has 0 fully saturated rings. The number of thiazole rings is 3. The average Bonchev–Trinajstić information content (AvgIpc) is 3.96. The molecule has 0 aliphatic carbocycles. The van der Waals surface area contributed by atoms with Gasteiger partial charge in [-0.05, 0) is 48.4 Å². The molecule has 5 aromatic carbocycles. The zero-order chi connectivity index (χ0) is 36.9. The van der Waals surface area contributed by atoms with Gasteiger partial charge in [0.1, 0.15) is 21.6 Å². The van der Waals surface area contributed by atoms with Gasteiger partial charge in [0.25, 0.3) is 0 Å². The minimum atomic E-state index is -0.518. The van der Waals surface area contributed by atoms with Gasteiger partial charge in [0.2, 0.25) is 0 Å². The summed E-state index contributed by atoms with van der Waals surface area (Å²) in [5.41, 5.74) is 7.51. The Morgan fingerprint density at radius 3 is 1.94 bits per heavy atom. The van der Waals surface area contributed by atoms with E-state index in [0.29, 0.717) is 17.9 Å². The zero-order valence-electron chi connectivity index (χ0n) is 29.5. The van der Waals surface area contributed by atoms with Crippen molar-refractivity contribution in [2.24, 2.45) is 0 Å². The van der Waals surface area contributed by atoms with E-state index < -0.39 is 6.09 Å². The number of nitrogens with one attached hydrogen (secondary N) is 1. The highest BCUT2D eigenvalue weighted by Gasteiger charge is 2.20. The van der Waals surface area contributed by atoms with Crippen molar-refractivity contribution in [1.82, 2.24) is 15.0 Å². The van der Waals surface area contributed by atoms with Gasteiger partial charge in [-0.25, -0.2) is 24.5 Å². The van der Waals surface area contributed by atoms with Gasteiger partial charge in [-0.1, -0.05) is 105 Å². The predicted octanol–water partition coefficient (Wildman–Crippen LogP) is 12.4. The lowest BCUT2D eigenvalue weighted by Gasteiger charge is -2.08. The fourth-order valence-corrected chi connectivity index (χ4v) is 9.67. The van der Waals surface area contributed by atoms with Gasteiger partial charge in [0.15, 0.2) is 0 Å². The van der Waals surface area contributed by atoms with E-state index in [9.17, 15) is 9.59 Å². The first kappa shape index (κ1) is 35.5. The number of unbranched alkanes of at least 4 members (excludes halogenated alkanes) is 4. The first-order chi connectivity index (χ1) is 26.5. The second-order valence-corrected chi connectivity index (χ2v) is 15.8. The number of esters is 1. The lowest BCUT2D eigenvalue weighted by Crippen LogP contribution is -2.13. The van der Waals surface area contributed by atoms with Gasteiger partial charge in [0.05, 0.1) is 42.8 Å². The third-order valence-corrected chi connectivity index (χ3v) is 12.4. The molecule has 0 spiro atoms. The molecule has 8 rings (SSSR count). The van der Waals surface area contributed by atoms with Crippen molar-refractivity contribution in [3.8, 4) is 31.7 Å². The van der Waals surface area contributed by atoms with Crippen LogP contribution in [0.4, 0.5) is 10.5 Å². The maximum atomic E-state index is 13.1. The Kier molecular flexibility index (Phi) is 10.7. The van der Waals surface area contributed by atoms with Gasteiger partial charge in [0, 0.05) is 22.4 Å². The molecule has 0 saturated heterocycles. The van der Waals surface area contributed by atoms with E-state index >= 15 is 0 Å². The van der Waals surface area contributed by atoms with Gasteiger partial charge in [-0.3, -0.25) is 5.32 Å². The number of anilines is 1. The summed E-state index contributed by atoms with van der Waals surface area (Å²) in [5.74, 6) is -0.300. The van der Waals surface area contributed by atoms with Gasteiger partial charge < -0.3 is 9.47 Å². The van der Waals surface area contributed by atoms with Crippen LogP contribution < -0.4 is 5.32 Å². The van der Waals surface area contributed by atoms with Crippen LogP contribution in [0.5, 0.6) is 0 Å². The van der Waals surface area contributed by atoms with Crippen molar-refractivity contribution >= 4 is 82.4 Å². The van der Waals surface area contributed by atoms with Crippen molar-refractivity contribution in [3.05, 3.63) is 120 Å². The quantitative estimate of drug-likeness (QED) is 0.0920. The maximum Gasteiger partial charge on any atom is 0.411 e. The van der Waals surface area contributed by atoms with Crippen LogP contribution in [-0.2, 0) is 16.1 Å². The van der Waals surface area contributed by atoms with Crippen LogP contribution in [0.1, 0.15) is 54.9 Å². The number of rotatable bonds is 13. The Bertz CT molecular complexity index is 2590. The molecule has 1 amide bonds. The van der Waals surface area contributed by atoms with Crippen LogP contribution in [0.2, 0.25) is 0 Å². The maximum absolute atomic E-state index is 13.1. The largest absolute Gasteiger partial charge is 0.462 e. The fraction of sp³-hybridized carbons (Fsp3) is 0.186. The normalized spacial score (nSPS) is 11.4. The van der Waals surface area contributed by atoms with Crippen molar-refractivity contribution in [2.45, 2.75) is 45.6 Å². The van der Waals surface area contributed by atoms with Crippen LogP contribution in [0, 0.1) is 0 Å². The zero-order valence-corrected chi connectivity index (χ0v) is 32.0. The molecule has 0 atom stereocenters. The molecular weight excluding hydrogens is 733 g/mol. The van der Waals surface area contributed by atoms with Crippen molar-refractivity contribution < 1.29 is 19.1 Å². The number of hydrogen-bond donors (Lipinski definition) is 1. The molecule has 0 aliphatic rings. The highest BCUT2D eigenvalue weighted by atomic mass is 32.1. The summed E-state index contributed by atoms with van der Waals surface area (Å²) >= 11 is 4.73. The van der Waals surface area contributed by atoms with Crippen molar-refractivity contribution in [3.63, 3.8) is 0 Å². The predicted molar refractivity (Wildman–Crippen MR) is 222 cm³/mol. The number of aromatic nitrogens is 3. The average molecular weight is 769 g/mol. The Hall–Kier alpha value is -5.49. The van der Waals surface area contributed by atoms with Crippen LogP contribution in [0.15, 0.2) is 109 Å². The highest BCUT2D eigenvalue weighted by molar-refractivity contribution is 7.25. The van der Waals surface area contributed by atoms with Crippen LogP contribution in [0.3, 0.4) is 0 Å². The number of nitrogens with zero attached hydrogens (tertiary/aromatic N) is 3. The van der Waals surface area contributed by atoms with E-state index in [1.54, 1.807) is 22.7 Å². The first-order valence-corrected chi connectivity index (χ1v) is 20.4. The molecule has 3 aromatic heterocycles. The highest BCUT2D eigenvalue weighted by Crippen LogP contribution is 2.43. The number of carbonyl (C=O) groups is 2. The molecule has 270 valence electrons. The minimum absolute atomic E-state index is 0.192. The van der Waals surface area contributed by atoms with E-state index in [4.69, 9.17) is 24.4 Å². The summed E-state index contributed by atoms with van der Waals surface area (Å²) in [5, 5.41) is 5.40. The number of carbonyl (C=O) groups excluding carboxylic acids is 2. The first-order valence-electron chi connectivity index (χ1n) is 18.0. The van der Waals surface area contributed by atoms with Gasteiger partial charge in [-0.15, -0.1) is 34.0 Å². The van der Waals surface area contributed by atoms with E-state index in [1.165, 1.54) is 24.2 Å². The third kappa shape index (κ3) is 7.75. The van der Waals surface area contributed by atoms with Crippen molar-refractivity contribution in [2.75, 3.05) is 11.9 Å². The minimum Gasteiger partial charge on any atom is -0.462 e. The Balaban J connectivity index is 1.04. The topological polar surface area (TPSA) is 103 Å². The van der Waals surface area contributed by atoms with E-state index in [1.807, 2.05) is 97.1 Å².